The number of phenols is 1. The Balaban J connectivity index is 1.45. The molecular weight excluding hydrogens is 1190 g/mol. The van der Waals surface area contributed by atoms with Gasteiger partial charge in [-0.25, -0.2) is 0 Å². The molecule has 0 aromatic heterocycles. The van der Waals surface area contributed by atoms with Crippen LogP contribution in [0.3, 0.4) is 0 Å². The number of primary amides is 1. The quantitative estimate of drug-likeness (QED) is 0.0111. The summed E-state index contributed by atoms with van der Waals surface area (Å²) in [5, 5.41) is 44.2. The molecule has 0 radical (unpaired) electrons. The fourth-order valence-corrected chi connectivity index (χ4v) is 10.8. The lowest BCUT2D eigenvalue weighted by molar-refractivity contribution is -0.142. The number of aliphatic hydroxyl groups excluding tert-OH is 1. The van der Waals surface area contributed by atoms with E-state index in [4.69, 9.17) is 34.4 Å². The number of amides is 9. The van der Waals surface area contributed by atoms with Gasteiger partial charge in [-0.2, -0.15) is 0 Å². The first kappa shape index (κ1) is 74.3. The van der Waals surface area contributed by atoms with Gasteiger partial charge in [0.2, 0.25) is 53.2 Å². The second kappa shape index (κ2) is 38.4. The molecule has 28 nitrogen and oxygen atoms in total. The predicted octanol–water partition coefficient (Wildman–Crippen LogP) is -0.957. The lowest BCUT2D eigenvalue weighted by atomic mass is 9.96. The molecule has 9 amide bonds. The van der Waals surface area contributed by atoms with Gasteiger partial charge in [0.05, 0.1) is 0 Å². The Morgan fingerprint density at radius 1 is 0.570 bits per heavy atom. The van der Waals surface area contributed by atoms with E-state index in [1.54, 1.807) is 42.5 Å². The van der Waals surface area contributed by atoms with E-state index in [2.05, 4.69) is 59.4 Å². The summed E-state index contributed by atoms with van der Waals surface area (Å²) in [5.74, 6) is -7.31. The van der Waals surface area contributed by atoms with Crippen molar-refractivity contribution < 1.29 is 53.4 Å². The normalized spacial score (nSPS) is 15.4. The van der Waals surface area contributed by atoms with Crippen LogP contribution in [-0.2, 0) is 62.4 Å². The van der Waals surface area contributed by atoms with Crippen LogP contribution in [0, 0.1) is 5.92 Å². The average molecular weight is 1290 g/mol. The number of guanidine groups is 2. The standard InChI is InChI=1S/C65H95N17O11/c1-4-5-29-72-32-28-55(85)75-50(36-41-24-26-44(83)27-25-41)59(89)81-52(37-43-19-11-18-42-17-9-10-20-45(42)43)61(91)79-49(34-39(2)3)58(88)80-51(35-40-15-7-6-8-16-40)60(90)77-47(22-13-31-74-65(70)71)63(93)82-33-14-23-53(82)62(92)76-46(21-12-30-73-64(68)69)57(87)78-48(56(67)86)38-54(66)84/h6-11,15-20,24-27,39,46-54,72,83-84H,4-5,12-14,21-23,28-38,66H2,1-3H3,(H2,67,86)(H,75,85)(H,76,92)(H,77,90)(H,78,87)(H,79,91)(H,80,88)(H,81,89)(H4,68,69,73)(H4,70,71,74). The monoisotopic (exact) mass is 1290 g/mol. The van der Waals surface area contributed by atoms with E-state index in [9.17, 15) is 39.0 Å². The first-order valence-corrected chi connectivity index (χ1v) is 31.7. The number of rotatable bonds is 39. The van der Waals surface area contributed by atoms with Gasteiger partial charge >= 0.3 is 0 Å². The molecule has 506 valence electrons. The van der Waals surface area contributed by atoms with Crippen molar-refractivity contribution in [3.05, 3.63) is 114 Å². The van der Waals surface area contributed by atoms with Crippen LogP contribution in [0.15, 0.2) is 107 Å². The molecule has 1 heterocycles. The fourth-order valence-electron chi connectivity index (χ4n) is 10.8. The molecule has 9 atom stereocenters. The Morgan fingerprint density at radius 3 is 1.70 bits per heavy atom. The van der Waals surface area contributed by atoms with Crippen molar-refractivity contribution in [2.45, 2.75) is 165 Å². The number of aromatic hydroxyl groups is 1. The number of benzene rings is 4. The number of likely N-dealkylation sites (tertiary alicyclic amines) is 1. The molecule has 93 heavy (non-hydrogen) atoms. The van der Waals surface area contributed by atoms with Crippen LogP contribution in [0.4, 0.5) is 0 Å². The van der Waals surface area contributed by atoms with Gasteiger partial charge in [0, 0.05) is 58.3 Å². The molecule has 1 fully saturated rings. The van der Waals surface area contributed by atoms with Crippen molar-refractivity contribution >= 4 is 75.9 Å². The number of hydrogen-bond donors (Lipinski definition) is 16. The van der Waals surface area contributed by atoms with Crippen molar-refractivity contribution in [1.82, 2.24) is 47.4 Å². The second-order valence-electron chi connectivity index (χ2n) is 23.7. The maximum absolute atomic E-state index is 15.1. The first-order chi connectivity index (χ1) is 44.4. The van der Waals surface area contributed by atoms with Crippen LogP contribution in [0.2, 0.25) is 0 Å². The highest BCUT2D eigenvalue weighted by atomic mass is 16.3. The molecule has 0 bridgehead atoms. The summed E-state index contributed by atoms with van der Waals surface area (Å²) in [5.41, 5.74) is 35.2. The van der Waals surface area contributed by atoms with Crippen molar-refractivity contribution in [2.75, 3.05) is 32.7 Å². The Morgan fingerprint density at radius 2 is 1.10 bits per heavy atom. The number of phenolic OH excluding ortho intramolecular Hbond substituents is 1. The summed E-state index contributed by atoms with van der Waals surface area (Å²) < 4.78 is 0. The van der Waals surface area contributed by atoms with Gasteiger partial charge < -0.3 is 92.0 Å². The number of carbonyl (C=O) groups excluding carboxylic acids is 9. The van der Waals surface area contributed by atoms with E-state index in [-0.39, 0.29) is 107 Å². The molecule has 28 heteroatoms. The summed E-state index contributed by atoms with van der Waals surface area (Å²) >= 11 is 0. The zero-order valence-electron chi connectivity index (χ0n) is 53.3. The Hall–Kier alpha value is -9.41. The summed E-state index contributed by atoms with van der Waals surface area (Å²) in [7, 11) is 0. The highest BCUT2D eigenvalue weighted by molar-refractivity contribution is 5.99. The highest BCUT2D eigenvalue weighted by Crippen LogP contribution is 2.23. The van der Waals surface area contributed by atoms with E-state index < -0.39 is 114 Å². The van der Waals surface area contributed by atoms with Crippen LogP contribution in [-0.4, -0.2) is 167 Å². The lowest BCUT2D eigenvalue weighted by Gasteiger charge is -2.31. The third-order valence-electron chi connectivity index (χ3n) is 15.6. The number of fused-ring (bicyclic) bond motifs is 1. The van der Waals surface area contributed by atoms with Gasteiger partial charge in [-0.3, -0.25) is 53.1 Å². The SMILES string of the molecule is CCCCNCCC(=O)NC(Cc1ccc(O)cc1)C(=O)NC(Cc1cccc2ccccc12)C(=O)NC(CC(C)C)C(=O)NC(Cc1ccccc1)C(=O)NC(CCCN=C(N)N)C(=O)N1CCCC1C(=O)NC(CCCN=C(N)N)C(=O)NC(CC(N)O)C(N)=O. The van der Waals surface area contributed by atoms with Crippen LogP contribution in [0.1, 0.15) is 108 Å². The first-order valence-electron chi connectivity index (χ1n) is 31.7. The van der Waals surface area contributed by atoms with Crippen molar-refractivity contribution in [3.8, 4) is 5.75 Å². The van der Waals surface area contributed by atoms with Crippen molar-refractivity contribution in [3.63, 3.8) is 0 Å². The van der Waals surface area contributed by atoms with Crippen LogP contribution < -0.4 is 76.9 Å². The molecule has 5 rings (SSSR count). The lowest BCUT2D eigenvalue weighted by Crippen LogP contribution is -2.61. The van der Waals surface area contributed by atoms with Crippen LogP contribution >= 0.6 is 0 Å². The Bertz CT molecular complexity index is 3170. The maximum Gasteiger partial charge on any atom is 0.245 e. The Labute approximate surface area is 542 Å². The minimum atomic E-state index is -1.52. The number of carbonyl (C=O) groups is 9. The minimum absolute atomic E-state index is 0.00125. The van der Waals surface area contributed by atoms with E-state index in [0.717, 1.165) is 23.6 Å². The predicted molar refractivity (Wildman–Crippen MR) is 354 cm³/mol. The van der Waals surface area contributed by atoms with Gasteiger partial charge in [-0.15, -0.1) is 0 Å². The third-order valence-corrected chi connectivity index (χ3v) is 15.6. The summed E-state index contributed by atoms with van der Waals surface area (Å²) in [6.07, 6.45) is 0.635. The number of aliphatic hydroxyl groups is 1. The van der Waals surface area contributed by atoms with Gasteiger partial charge in [0.15, 0.2) is 11.9 Å². The van der Waals surface area contributed by atoms with E-state index in [0.29, 0.717) is 36.2 Å². The number of hydrogen-bond acceptors (Lipinski definition) is 15. The van der Waals surface area contributed by atoms with Gasteiger partial charge in [0.1, 0.15) is 60.3 Å². The van der Waals surface area contributed by atoms with Gasteiger partial charge in [-0.05, 0) is 103 Å². The molecule has 0 aliphatic carbocycles. The molecule has 4 aromatic rings. The summed E-state index contributed by atoms with van der Waals surface area (Å²) in [6, 6.07) is 17.6. The van der Waals surface area contributed by atoms with Gasteiger partial charge in [-0.1, -0.05) is 112 Å². The molecule has 0 spiro atoms. The second-order valence-corrected chi connectivity index (χ2v) is 23.7. The molecule has 0 saturated carbocycles. The van der Waals surface area contributed by atoms with E-state index >= 15 is 14.4 Å². The van der Waals surface area contributed by atoms with Crippen molar-refractivity contribution in [1.29, 1.82) is 0 Å². The number of nitrogens with zero attached hydrogens (tertiary/aromatic N) is 3. The minimum Gasteiger partial charge on any atom is -0.508 e. The van der Waals surface area contributed by atoms with E-state index in [1.807, 2.05) is 56.3 Å². The molecule has 4 aromatic carbocycles. The summed E-state index contributed by atoms with van der Waals surface area (Å²) in [4.78, 5) is 138. The zero-order valence-corrected chi connectivity index (χ0v) is 53.3. The number of nitrogens with one attached hydrogen (secondary N) is 8. The van der Waals surface area contributed by atoms with Crippen molar-refractivity contribution in [2.24, 2.45) is 50.3 Å². The molecule has 22 N–H and O–H groups in total. The molecule has 1 saturated heterocycles. The number of nitrogens with two attached hydrogens (primary N) is 6. The molecule has 1 aliphatic rings. The van der Waals surface area contributed by atoms with Crippen LogP contribution in [0.5, 0.6) is 5.75 Å². The molecular formula is C65H95N17O11. The van der Waals surface area contributed by atoms with Gasteiger partial charge in [0.25, 0.3) is 0 Å². The zero-order chi connectivity index (χ0) is 68.0. The highest BCUT2D eigenvalue weighted by Gasteiger charge is 2.40. The number of unbranched alkanes of at least 4 members (excludes halogenated alkanes) is 1. The smallest absolute Gasteiger partial charge is 0.245 e. The summed E-state index contributed by atoms with van der Waals surface area (Å²) in [6.45, 7) is 6.99. The van der Waals surface area contributed by atoms with Crippen LogP contribution in [0.25, 0.3) is 10.8 Å². The largest absolute Gasteiger partial charge is 0.508 e. The molecule has 9 unspecified atom stereocenters. The van der Waals surface area contributed by atoms with E-state index in [1.165, 1.54) is 17.0 Å². The fraction of sp³-hybridized carbons (Fsp3) is 0.492. The topological polar surface area (TPSA) is 474 Å². The maximum atomic E-state index is 15.1. The molecule has 1 aliphatic heterocycles. The Kier molecular flexibility index (Phi) is 30.7. The third kappa shape index (κ3) is 25.7. The average Bonchev–Trinajstić information content (AvgIpc) is 1.81. The number of aliphatic imine (C=N–C) groups is 2.